The lowest BCUT2D eigenvalue weighted by Crippen LogP contribution is -2.32. The van der Waals surface area contributed by atoms with E-state index in [0.29, 0.717) is 36.5 Å². The van der Waals surface area contributed by atoms with Gasteiger partial charge in [0.15, 0.2) is 6.10 Å². The molecule has 1 amide bonds. The van der Waals surface area contributed by atoms with Crippen molar-refractivity contribution in [3.63, 3.8) is 0 Å². The fourth-order valence-corrected chi connectivity index (χ4v) is 4.92. The number of nitrogens with zero attached hydrogens (tertiary/aromatic N) is 1. The highest BCUT2D eigenvalue weighted by Gasteiger charge is 2.29. The number of sulfonamides is 1. The maximum Gasteiger partial charge on any atom is 0.265 e. The number of ether oxygens (including phenoxy) is 1. The normalized spacial score (nSPS) is 16.1. The zero-order valence-corrected chi connectivity index (χ0v) is 16.5. The molecule has 0 saturated heterocycles. The number of carbonyl (C=O) groups is 1. The van der Waals surface area contributed by atoms with E-state index in [1.165, 1.54) is 10.4 Å². The van der Waals surface area contributed by atoms with Gasteiger partial charge in [-0.3, -0.25) is 4.79 Å². The maximum absolute atomic E-state index is 12.8. The van der Waals surface area contributed by atoms with Crippen molar-refractivity contribution in [1.82, 2.24) is 4.31 Å². The molecule has 0 aliphatic carbocycles. The van der Waals surface area contributed by atoms with Crippen molar-refractivity contribution >= 4 is 21.6 Å². The van der Waals surface area contributed by atoms with Gasteiger partial charge in [-0.05, 0) is 36.2 Å². The van der Waals surface area contributed by atoms with Crippen LogP contribution < -0.4 is 10.1 Å². The number of nitrogens with one attached hydrogen (secondary N) is 1. The third-order valence-electron chi connectivity index (χ3n) is 4.72. The first kappa shape index (κ1) is 19.4. The number of anilines is 1. The van der Waals surface area contributed by atoms with Crippen molar-refractivity contribution in [3.8, 4) is 5.75 Å². The second-order valence-electron chi connectivity index (χ2n) is 6.48. The Bertz CT molecular complexity index is 927. The molecule has 0 bridgehead atoms. The minimum Gasteiger partial charge on any atom is -0.480 e. The van der Waals surface area contributed by atoms with E-state index in [1.54, 1.807) is 32.9 Å². The Hall–Kier alpha value is -2.38. The molecular weight excluding hydrogens is 364 g/mol. The van der Waals surface area contributed by atoms with E-state index in [1.807, 2.05) is 24.3 Å². The summed E-state index contributed by atoms with van der Waals surface area (Å²) >= 11 is 0. The van der Waals surface area contributed by atoms with Gasteiger partial charge in [0.2, 0.25) is 10.0 Å². The lowest BCUT2D eigenvalue weighted by Gasteiger charge is -2.20. The van der Waals surface area contributed by atoms with E-state index in [-0.39, 0.29) is 10.8 Å². The lowest BCUT2D eigenvalue weighted by molar-refractivity contribution is -0.122. The molecule has 0 unspecified atom stereocenters. The minimum atomic E-state index is -3.60. The quantitative estimate of drug-likeness (QED) is 0.825. The van der Waals surface area contributed by atoms with Crippen LogP contribution in [0.2, 0.25) is 0 Å². The monoisotopic (exact) mass is 388 g/mol. The molecule has 2 aromatic carbocycles. The summed E-state index contributed by atoms with van der Waals surface area (Å²) in [6.45, 7) is 6.14. The van der Waals surface area contributed by atoms with Crippen LogP contribution in [-0.4, -0.2) is 37.8 Å². The van der Waals surface area contributed by atoms with E-state index in [4.69, 9.17) is 4.74 Å². The Labute approximate surface area is 160 Å². The molecule has 27 heavy (non-hydrogen) atoms. The highest BCUT2D eigenvalue weighted by molar-refractivity contribution is 7.89. The predicted molar refractivity (Wildman–Crippen MR) is 104 cm³/mol. The molecule has 2 aromatic rings. The number of hydrogen-bond acceptors (Lipinski definition) is 4. The first-order valence-electron chi connectivity index (χ1n) is 9.03. The lowest BCUT2D eigenvalue weighted by atomic mass is 10.1. The fraction of sp³-hybridized carbons (Fsp3) is 0.350. The Kier molecular flexibility index (Phi) is 5.53. The van der Waals surface area contributed by atoms with E-state index >= 15 is 0 Å². The third kappa shape index (κ3) is 3.84. The average Bonchev–Trinajstić information content (AvgIpc) is 3.08. The van der Waals surface area contributed by atoms with Crippen molar-refractivity contribution in [1.29, 1.82) is 0 Å². The van der Waals surface area contributed by atoms with Crippen molar-refractivity contribution in [2.75, 3.05) is 18.4 Å². The molecule has 7 heteroatoms. The van der Waals surface area contributed by atoms with Crippen molar-refractivity contribution < 1.29 is 17.9 Å². The number of aryl methyl sites for hydroxylation is 1. The van der Waals surface area contributed by atoms with Crippen molar-refractivity contribution in [3.05, 3.63) is 53.6 Å². The third-order valence-corrected chi connectivity index (χ3v) is 6.91. The van der Waals surface area contributed by atoms with Crippen molar-refractivity contribution in [2.45, 2.75) is 38.2 Å². The summed E-state index contributed by atoms with van der Waals surface area (Å²) in [5, 5.41) is 2.79. The molecule has 0 saturated carbocycles. The summed E-state index contributed by atoms with van der Waals surface area (Å²) in [7, 11) is -3.60. The number of benzene rings is 2. The van der Waals surface area contributed by atoms with Gasteiger partial charge >= 0.3 is 0 Å². The SMILES string of the molecule is CCN(CC)S(=O)(=O)c1cc(NC(=O)[C@@H]2Cc3ccccc3O2)ccc1C. The zero-order chi connectivity index (χ0) is 19.6. The van der Waals surface area contributed by atoms with Crippen LogP contribution in [0.25, 0.3) is 0 Å². The largest absolute Gasteiger partial charge is 0.480 e. The van der Waals surface area contributed by atoms with Crippen LogP contribution in [0.3, 0.4) is 0 Å². The smallest absolute Gasteiger partial charge is 0.265 e. The summed E-state index contributed by atoms with van der Waals surface area (Å²) < 4.78 is 32.8. The summed E-state index contributed by atoms with van der Waals surface area (Å²) in [5.74, 6) is 0.424. The number of amides is 1. The molecule has 1 heterocycles. The molecule has 144 valence electrons. The Morgan fingerprint density at radius 2 is 1.89 bits per heavy atom. The van der Waals surface area contributed by atoms with Crippen LogP contribution in [0.4, 0.5) is 5.69 Å². The van der Waals surface area contributed by atoms with Gasteiger partial charge in [0.1, 0.15) is 5.75 Å². The predicted octanol–water partition coefficient (Wildman–Crippen LogP) is 2.97. The number of carbonyl (C=O) groups excluding carboxylic acids is 1. The second kappa shape index (κ2) is 7.70. The maximum atomic E-state index is 12.8. The van der Waals surface area contributed by atoms with E-state index in [9.17, 15) is 13.2 Å². The standard InChI is InChI=1S/C20H24N2O4S/c1-4-22(5-2)27(24,25)19-13-16(11-10-14(19)3)21-20(23)18-12-15-8-6-7-9-17(15)26-18/h6-11,13,18H,4-5,12H2,1-3H3,(H,21,23)/t18-/m0/s1. The van der Waals surface area contributed by atoms with Gasteiger partial charge in [-0.15, -0.1) is 0 Å². The minimum absolute atomic E-state index is 0.208. The first-order chi connectivity index (χ1) is 12.9. The molecule has 1 N–H and O–H groups in total. The van der Waals surface area contributed by atoms with Gasteiger partial charge < -0.3 is 10.1 Å². The van der Waals surface area contributed by atoms with Gasteiger partial charge in [0.25, 0.3) is 5.91 Å². The first-order valence-corrected chi connectivity index (χ1v) is 10.5. The van der Waals surface area contributed by atoms with Crippen LogP contribution in [0.1, 0.15) is 25.0 Å². The molecular formula is C20H24N2O4S. The molecule has 1 aliphatic rings. The van der Waals surface area contributed by atoms with Gasteiger partial charge in [0, 0.05) is 25.2 Å². The van der Waals surface area contributed by atoms with Crippen LogP contribution >= 0.6 is 0 Å². The number of hydrogen-bond donors (Lipinski definition) is 1. The van der Waals surface area contributed by atoms with Crippen LogP contribution in [0, 0.1) is 6.92 Å². The van der Waals surface area contributed by atoms with Crippen LogP contribution in [0.5, 0.6) is 5.75 Å². The summed E-state index contributed by atoms with van der Waals surface area (Å²) in [6.07, 6.45) is -0.120. The summed E-state index contributed by atoms with van der Waals surface area (Å²) in [6, 6.07) is 12.5. The van der Waals surface area contributed by atoms with Crippen LogP contribution in [-0.2, 0) is 21.2 Å². The zero-order valence-electron chi connectivity index (χ0n) is 15.7. The van der Waals surface area contributed by atoms with E-state index < -0.39 is 16.1 Å². The van der Waals surface area contributed by atoms with E-state index in [0.717, 1.165) is 5.56 Å². The summed E-state index contributed by atoms with van der Waals surface area (Å²) in [5.41, 5.74) is 2.08. The topological polar surface area (TPSA) is 75.7 Å². The molecule has 3 rings (SSSR count). The Morgan fingerprint density at radius 3 is 2.56 bits per heavy atom. The van der Waals surface area contributed by atoms with E-state index in [2.05, 4.69) is 5.32 Å². The van der Waals surface area contributed by atoms with Gasteiger partial charge in [-0.1, -0.05) is 38.1 Å². The number of rotatable bonds is 6. The summed E-state index contributed by atoms with van der Waals surface area (Å²) in [4.78, 5) is 12.8. The molecule has 0 fully saturated rings. The molecule has 6 nitrogen and oxygen atoms in total. The number of para-hydroxylation sites is 1. The Balaban J connectivity index is 1.80. The number of fused-ring (bicyclic) bond motifs is 1. The van der Waals surface area contributed by atoms with Gasteiger partial charge in [0.05, 0.1) is 4.90 Å². The average molecular weight is 388 g/mol. The van der Waals surface area contributed by atoms with Crippen LogP contribution in [0.15, 0.2) is 47.4 Å². The molecule has 1 aliphatic heterocycles. The molecule has 0 aromatic heterocycles. The molecule has 1 atom stereocenters. The Morgan fingerprint density at radius 1 is 1.19 bits per heavy atom. The second-order valence-corrected chi connectivity index (χ2v) is 8.38. The highest BCUT2D eigenvalue weighted by Crippen LogP contribution is 2.29. The van der Waals surface area contributed by atoms with Crippen molar-refractivity contribution in [2.24, 2.45) is 0 Å². The molecule has 0 spiro atoms. The fourth-order valence-electron chi connectivity index (χ4n) is 3.21. The molecule has 0 radical (unpaired) electrons. The van der Waals surface area contributed by atoms with Gasteiger partial charge in [-0.2, -0.15) is 4.31 Å². The highest BCUT2D eigenvalue weighted by atomic mass is 32.2. The van der Waals surface area contributed by atoms with Gasteiger partial charge in [-0.25, -0.2) is 8.42 Å².